The van der Waals surface area contributed by atoms with Gasteiger partial charge in [-0.1, -0.05) is 24.3 Å². The first kappa shape index (κ1) is 20.3. The monoisotopic (exact) mass is 408 g/mol. The zero-order valence-electron chi connectivity index (χ0n) is 17.2. The summed E-state index contributed by atoms with van der Waals surface area (Å²) in [5.74, 6) is 1.64. The van der Waals surface area contributed by atoms with Crippen LogP contribution in [0.1, 0.15) is 0 Å². The highest BCUT2D eigenvalue weighted by Gasteiger charge is 2.21. The van der Waals surface area contributed by atoms with Crippen molar-refractivity contribution in [2.24, 2.45) is 0 Å². The maximum atomic E-state index is 10.5. The SMILES string of the molecule is COc1ccccc1N1CCN(CC(O)COc2ccccc2-c2ccn[nH]2)CC1. The lowest BCUT2D eigenvalue weighted by molar-refractivity contribution is 0.0664. The maximum Gasteiger partial charge on any atom is 0.142 e. The van der Waals surface area contributed by atoms with Crippen molar-refractivity contribution < 1.29 is 14.6 Å². The molecule has 0 spiro atoms. The van der Waals surface area contributed by atoms with E-state index in [-0.39, 0.29) is 6.61 Å². The lowest BCUT2D eigenvalue weighted by Crippen LogP contribution is -2.49. The molecule has 1 aliphatic rings. The van der Waals surface area contributed by atoms with E-state index < -0.39 is 6.10 Å². The summed E-state index contributed by atoms with van der Waals surface area (Å²) < 4.78 is 11.4. The summed E-state index contributed by atoms with van der Waals surface area (Å²) in [6.07, 6.45) is 1.16. The number of aromatic amines is 1. The molecular formula is C23H28N4O3. The second-order valence-electron chi connectivity index (χ2n) is 7.39. The number of hydrogen-bond donors (Lipinski definition) is 2. The van der Waals surface area contributed by atoms with Crippen LogP contribution in [-0.4, -0.2) is 72.7 Å². The summed E-state index contributed by atoms with van der Waals surface area (Å²) in [6.45, 7) is 4.41. The molecule has 0 bridgehead atoms. The molecular weight excluding hydrogens is 380 g/mol. The molecule has 1 aliphatic heterocycles. The second-order valence-corrected chi connectivity index (χ2v) is 7.39. The first-order valence-corrected chi connectivity index (χ1v) is 10.2. The molecule has 1 fully saturated rings. The Balaban J connectivity index is 1.28. The van der Waals surface area contributed by atoms with Crippen molar-refractivity contribution in [1.29, 1.82) is 0 Å². The molecule has 30 heavy (non-hydrogen) atoms. The van der Waals surface area contributed by atoms with Gasteiger partial charge >= 0.3 is 0 Å². The summed E-state index contributed by atoms with van der Waals surface area (Å²) in [7, 11) is 1.70. The van der Waals surface area contributed by atoms with Crippen LogP contribution in [0, 0.1) is 0 Å². The Morgan fingerprint density at radius 1 is 1.00 bits per heavy atom. The van der Waals surface area contributed by atoms with E-state index in [2.05, 4.69) is 26.1 Å². The number of H-pyrrole nitrogens is 1. The molecule has 2 heterocycles. The number of hydrogen-bond acceptors (Lipinski definition) is 6. The van der Waals surface area contributed by atoms with Gasteiger partial charge < -0.3 is 19.5 Å². The Kier molecular flexibility index (Phi) is 6.51. The van der Waals surface area contributed by atoms with Crippen molar-refractivity contribution in [2.45, 2.75) is 6.10 Å². The largest absolute Gasteiger partial charge is 0.495 e. The molecule has 7 nitrogen and oxygen atoms in total. The Bertz CT molecular complexity index is 924. The lowest BCUT2D eigenvalue weighted by atomic mass is 10.1. The minimum atomic E-state index is -0.558. The second kappa shape index (κ2) is 9.65. The third kappa shape index (κ3) is 4.75. The fourth-order valence-electron chi connectivity index (χ4n) is 3.82. The van der Waals surface area contributed by atoms with Crippen LogP contribution >= 0.6 is 0 Å². The highest BCUT2D eigenvalue weighted by Crippen LogP contribution is 2.29. The van der Waals surface area contributed by atoms with Crippen LogP contribution in [0.4, 0.5) is 5.69 Å². The summed E-state index contributed by atoms with van der Waals surface area (Å²) in [5, 5.41) is 17.5. The van der Waals surface area contributed by atoms with E-state index in [0.717, 1.165) is 54.6 Å². The van der Waals surface area contributed by atoms with Crippen LogP contribution in [0.5, 0.6) is 11.5 Å². The minimum absolute atomic E-state index is 0.248. The molecule has 2 N–H and O–H groups in total. The molecule has 1 saturated heterocycles. The van der Waals surface area contributed by atoms with Gasteiger partial charge in [0, 0.05) is 44.5 Å². The van der Waals surface area contributed by atoms with Gasteiger partial charge in [-0.3, -0.25) is 10.00 Å². The van der Waals surface area contributed by atoms with E-state index in [1.54, 1.807) is 13.3 Å². The van der Waals surface area contributed by atoms with E-state index in [4.69, 9.17) is 9.47 Å². The van der Waals surface area contributed by atoms with Crippen molar-refractivity contribution >= 4 is 5.69 Å². The summed E-state index contributed by atoms with van der Waals surface area (Å²) in [4.78, 5) is 4.61. The first-order valence-electron chi connectivity index (χ1n) is 10.2. The van der Waals surface area contributed by atoms with Gasteiger partial charge in [0.2, 0.25) is 0 Å². The number of piperazine rings is 1. The van der Waals surface area contributed by atoms with Crippen LogP contribution < -0.4 is 14.4 Å². The number of aliphatic hydroxyl groups is 1. The van der Waals surface area contributed by atoms with Gasteiger partial charge in [-0.25, -0.2) is 0 Å². The van der Waals surface area contributed by atoms with E-state index in [1.165, 1.54) is 0 Å². The van der Waals surface area contributed by atoms with Gasteiger partial charge in [0.1, 0.15) is 24.2 Å². The predicted molar refractivity (Wildman–Crippen MR) is 117 cm³/mol. The topological polar surface area (TPSA) is 73.8 Å². The summed E-state index contributed by atoms with van der Waals surface area (Å²) in [5.41, 5.74) is 2.96. The number of aromatic nitrogens is 2. The molecule has 1 unspecified atom stereocenters. The number of anilines is 1. The van der Waals surface area contributed by atoms with Gasteiger partial charge in [-0.15, -0.1) is 0 Å². The fraction of sp³-hybridized carbons (Fsp3) is 0.348. The molecule has 3 aromatic rings. The number of ether oxygens (including phenoxy) is 2. The van der Waals surface area contributed by atoms with Crippen molar-refractivity contribution in [2.75, 3.05) is 51.3 Å². The molecule has 158 valence electrons. The van der Waals surface area contributed by atoms with Crippen molar-refractivity contribution in [3.8, 4) is 22.8 Å². The van der Waals surface area contributed by atoms with E-state index in [0.29, 0.717) is 6.54 Å². The van der Waals surface area contributed by atoms with E-state index in [9.17, 15) is 5.11 Å². The van der Waals surface area contributed by atoms with Crippen LogP contribution in [-0.2, 0) is 0 Å². The number of aliphatic hydroxyl groups excluding tert-OH is 1. The average Bonchev–Trinajstić information content (AvgIpc) is 3.33. The number of benzene rings is 2. The van der Waals surface area contributed by atoms with Gasteiger partial charge in [0.15, 0.2) is 0 Å². The Morgan fingerprint density at radius 2 is 1.73 bits per heavy atom. The number of nitrogens with one attached hydrogen (secondary N) is 1. The van der Waals surface area contributed by atoms with Crippen molar-refractivity contribution in [3.63, 3.8) is 0 Å². The third-order valence-electron chi connectivity index (χ3n) is 5.38. The smallest absolute Gasteiger partial charge is 0.142 e. The van der Waals surface area contributed by atoms with Crippen LogP contribution in [0.3, 0.4) is 0 Å². The average molecular weight is 409 g/mol. The zero-order valence-corrected chi connectivity index (χ0v) is 17.2. The molecule has 0 radical (unpaired) electrons. The predicted octanol–water partition coefficient (Wildman–Crippen LogP) is 2.65. The first-order chi connectivity index (χ1) is 14.7. The Labute approximate surface area is 176 Å². The maximum absolute atomic E-state index is 10.5. The van der Waals surface area contributed by atoms with Gasteiger partial charge in [0.05, 0.1) is 18.5 Å². The van der Waals surface area contributed by atoms with Gasteiger partial charge in [-0.2, -0.15) is 5.10 Å². The normalized spacial score (nSPS) is 15.7. The molecule has 2 aromatic carbocycles. The third-order valence-corrected chi connectivity index (χ3v) is 5.38. The standard InChI is InChI=1S/C23H28N4O3/c1-29-23-9-5-3-7-21(23)27-14-12-26(13-15-27)16-18(28)17-30-22-8-4-2-6-19(22)20-10-11-24-25-20/h2-11,18,28H,12-17H2,1H3,(H,24,25). The zero-order chi connectivity index (χ0) is 20.8. The molecule has 0 saturated carbocycles. The Hall–Kier alpha value is -3.03. The van der Waals surface area contributed by atoms with Crippen LogP contribution in [0.25, 0.3) is 11.3 Å². The van der Waals surface area contributed by atoms with Crippen molar-refractivity contribution in [3.05, 3.63) is 60.8 Å². The fourth-order valence-corrected chi connectivity index (χ4v) is 3.82. The molecule has 7 heteroatoms. The van der Waals surface area contributed by atoms with E-state index in [1.807, 2.05) is 48.5 Å². The Morgan fingerprint density at radius 3 is 2.47 bits per heavy atom. The molecule has 4 rings (SSSR count). The van der Waals surface area contributed by atoms with Crippen LogP contribution in [0.2, 0.25) is 0 Å². The quantitative estimate of drug-likeness (QED) is 0.597. The summed E-state index contributed by atoms with van der Waals surface area (Å²) >= 11 is 0. The lowest BCUT2D eigenvalue weighted by Gasteiger charge is -2.37. The number of nitrogens with zero attached hydrogens (tertiary/aromatic N) is 3. The number of para-hydroxylation sites is 3. The number of rotatable bonds is 8. The molecule has 1 aromatic heterocycles. The van der Waals surface area contributed by atoms with Crippen LogP contribution in [0.15, 0.2) is 60.8 Å². The van der Waals surface area contributed by atoms with Crippen molar-refractivity contribution in [1.82, 2.24) is 15.1 Å². The number of methoxy groups -OCH3 is 1. The molecule has 1 atom stereocenters. The van der Waals surface area contributed by atoms with E-state index >= 15 is 0 Å². The van der Waals surface area contributed by atoms with Gasteiger partial charge in [0.25, 0.3) is 0 Å². The van der Waals surface area contributed by atoms with Gasteiger partial charge in [-0.05, 0) is 30.3 Å². The highest BCUT2D eigenvalue weighted by atomic mass is 16.5. The molecule has 0 aliphatic carbocycles. The number of β-amino-alcohol motifs (C(OH)–C–C–N with tert-alkyl or cyclic N) is 1. The molecule has 0 amide bonds. The highest BCUT2D eigenvalue weighted by molar-refractivity contribution is 5.66. The summed E-state index contributed by atoms with van der Waals surface area (Å²) in [6, 6.07) is 17.8. The minimum Gasteiger partial charge on any atom is -0.495 e.